The first-order chi connectivity index (χ1) is 13.1. The molecule has 0 saturated carbocycles. The molecule has 0 bridgehead atoms. The van der Waals surface area contributed by atoms with E-state index in [1.807, 2.05) is 24.3 Å². The maximum absolute atomic E-state index is 12.2. The number of carbonyl (C=O) groups is 2. The molecule has 2 heterocycles. The Morgan fingerprint density at radius 2 is 1.78 bits per heavy atom. The van der Waals surface area contributed by atoms with Crippen molar-refractivity contribution < 1.29 is 14.0 Å². The highest BCUT2D eigenvalue weighted by molar-refractivity contribution is 5.98. The number of para-hydroxylation sites is 2. The van der Waals surface area contributed by atoms with Crippen LogP contribution in [0.2, 0.25) is 0 Å². The number of fused-ring (bicyclic) bond motifs is 2. The van der Waals surface area contributed by atoms with E-state index >= 15 is 0 Å². The fourth-order valence-corrected chi connectivity index (χ4v) is 2.91. The number of rotatable bonds is 3. The van der Waals surface area contributed by atoms with Crippen molar-refractivity contribution in [2.45, 2.75) is 6.42 Å². The molecule has 134 valence electrons. The summed E-state index contributed by atoms with van der Waals surface area (Å²) >= 11 is 0. The zero-order valence-electron chi connectivity index (χ0n) is 14.1. The summed E-state index contributed by atoms with van der Waals surface area (Å²) in [4.78, 5) is 39.4. The van der Waals surface area contributed by atoms with Crippen LogP contribution >= 0.6 is 0 Å². The van der Waals surface area contributed by atoms with Crippen LogP contribution in [-0.4, -0.2) is 16.8 Å². The molecule has 27 heavy (non-hydrogen) atoms. The Morgan fingerprint density at radius 1 is 1.00 bits per heavy atom. The second kappa shape index (κ2) is 6.80. The topological polar surface area (TPSA) is 104 Å². The highest BCUT2D eigenvalue weighted by Crippen LogP contribution is 2.18. The average Bonchev–Trinajstić information content (AvgIpc) is 3.08. The van der Waals surface area contributed by atoms with Crippen molar-refractivity contribution in [1.29, 1.82) is 0 Å². The molecular weight excluding hydrogens is 346 g/mol. The van der Waals surface area contributed by atoms with Crippen LogP contribution < -0.4 is 16.5 Å². The molecule has 0 atom stereocenters. The number of aromatic amines is 1. The van der Waals surface area contributed by atoms with E-state index in [0.29, 0.717) is 11.0 Å². The third-order valence-corrected chi connectivity index (χ3v) is 4.23. The Kier molecular flexibility index (Phi) is 4.18. The van der Waals surface area contributed by atoms with Crippen LogP contribution in [0.4, 0.5) is 0 Å². The van der Waals surface area contributed by atoms with Gasteiger partial charge in [-0.15, -0.1) is 0 Å². The number of hydrogen-bond acceptors (Lipinski definition) is 4. The second-order valence-corrected chi connectivity index (χ2v) is 6.02. The predicted molar refractivity (Wildman–Crippen MR) is 100 cm³/mol. The summed E-state index contributed by atoms with van der Waals surface area (Å²) in [5.41, 5.74) is 5.76. The number of carbonyl (C=O) groups excluding carboxylic acids is 2. The molecule has 4 aromatic rings. The van der Waals surface area contributed by atoms with E-state index in [-0.39, 0.29) is 12.0 Å². The van der Waals surface area contributed by atoms with Gasteiger partial charge in [0.25, 0.3) is 5.91 Å². The van der Waals surface area contributed by atoms with Crippen LogP contribution in [0.3, 0.4) is 0 Å². The highest BCUT2D eigenvalue weighted by Gasteiger charge is 2.15. The summed E-state index contributed by atoms with van der Waals surface area (Å²) in [7, 11) is 0. The largest absolute Gasteiger partial charge is 0.422 e. The molecule has 0 aliphatic rings. The van der Waals surface area contributed by atoms with E-state index in [9.17, 15) is 14.4 Å². The van der Waals surface area contributed by atoms with Gasteiger partial charge in [-0.05, 0) is 23.8 Å². The van der Waals surface area contributed by atoms with Crippen molar-refractivity contribution in [3.8, 4) is 0 Å². The van der Waals surface area contributed by atoms with Gasteiger partial charge in [0.1, 0.15) is 11.1 Å². The number of H-pyrrole nitrogens is 1. The minimum atomic E-state index is -0.767. The fourth-order valence-electron chi connectivity index (χ4n) is 2.91. The van der Waals surface area contributed by atoms with E-state index in [1.54, 1.807) is 30.5 Å². The molecule has 0 fully saturated rings. The van der Waals surface area contributed by atoms with Crippen LogP contribution in [0.15, 0.2) is 70.0 Å². The zero-order valence-corrected chi connectivity index (χ0v) is 14.1. The standard InChI is InChI=1S/C20H15N3O4/c24-18(10-13-11-21-16-7-3-2-6-14(13)16)22-23-19(25)15-9-12-5-1-4-8-17(12)27-20(15)26/h1-9,11,21H,10H2,(H,22,24)(H,23,25). The van der Waals surface area contributed by atoms with Crippen LogP contribution in [0.1, 0.15) is 15.9 Å². The lowest BCUT2D eigenvalue weighted by atomic mass is 10.1. The van der Waals surface area contributed by atoms with Gasteiger partial charge >= 0.3 is 5.63 Å². The number of hydrazine groups is 1. The first-order valence-corrected chi connectivity index (χ1v) is 8.29. The maximum Gasteiger partial charge on any atom is 0.349 e. The molecule has 0 saturated heterocycles. The zero-order chi connectivity index (χ0) is 18.8. The van der Waals surface area contributed by atoms with Gasteiger partial charge in [-0.3, -0.25) is 20.4 Å². The second-order valence-electron chi connectivity index (χ2n) is 6.02. The van der Waals surface area contributed by atoms with Crippen molar-refractivity contribution in [3.05, 3.63) is 82.3 Å². The monoisotopic (exact) mass is 361 g/mol. The smallest absolute Gasteiger partial charge is 0.349 e. The van der Waals surface area contributed by atoms with Gasteiger partial charge < -0.3 is 9.40 Å². The molecule has 7 nitrogen and oxygen atoms in total. The molecule has 2 aromatic carbocycles. The minimum absolute atomic E-state index is 0.0800. The van der Waals surface area contributed by atoms with Crippen LogP contribution in [0.5, 0.6) is 0 Å². The first kappa shape index (κ1) is 16.6. The number of amides is 2. The Labute approximate surface area is 153 Å². The van der Waals surface area contributed by atoms with Gasteiger partial charge in [-0.25, -0.2) is 4.79 Å². The third-order valence-electron chi connectivity index (χ3n) is 4.23. The van der Waals surface area contributed by atoms with Crippen LogP contribution in [0.25, 0.3) is 21.9 Å². The number of hydrogen-bond donors (Lipinski definition) is 3. The lowest BCUT2D eigenvalue weighted by molar-refractivity contribution is -0.121. The lowest BCUT2D eigenvalue weighted by Crippen LogP contribution is -2.43. The summed E-state index contributed by atoms with van der Waals surface area (Å²) < 4.78 is 5.12. The van der Waals surface area contributed by atoms with Crippen molar-refractivity contribution in [1.82, 2.24) is 15.8 Å². The number of nitrogens with one attached hydrogen (secondary N) is 3. The van der Waals surface area contributed by atoms with Gasteiger partial charge in [-0.1, -0.05) is 36.4 Å². The molecule has 3 N–H and O–H groups in total. The minimum Gasteiger partial charge on any atom is -0.422 e. The maximum atomic E-state index is 12.2. The predicted octanol–water partition coefficient (Wildman–Crippen LogP) is 2.28. The Morgan fingerprint density at radius 3 is 2.67 bits per heavy atom. The third kappa shape index (κ3) is 3.30. The molecule has 0 radical (unpaired) electrons. The van der Waals surface area contributed by atoms with E-state index in [2.05, 4.69) is 15.8 Å². The average molecular weight is 361 g/mol. The van der Waals surface area contributed by atoms with Gasteiger partial charge in [-0.2, -0.15) is 0 Å². The van der Waals surface area contributed by atoms with Gasteiger partial charge in [0.05, 0.1) is 6.42 Å². The SMILES string of the molecule is O=C(Cc1c[nH]c2ccccc12)NNC(=O)c1cc2ccccc2oc1=O. The van der Waals surface area contributed by atoms with Crippen LogP contribution in [-0.2, 0) is 11.2 Å². The molecule has 2 aromatic heterocycles. The summed E-state index contributed by atoms with van der Waals surface area (Å²) in [6.45, 7) is 0. The molecule has 7 heteroatoms. The highest BCUT2D eigenvalue weighted by atomic mass is 16.4. The van der Waals surface area contributed by atoms with E-state index in [0.717, 1.165) is 16.5 Å². The van der Waals surface area contributed by atoms with Crippen molar-refractivity contribution in [3.63, 3.8) is 0 Å². The molecule has 0 aliphatic heterocycles. The van der Waals surface area contributed by atoms with Crippen molar-refractivity contribution >= 4 is 33.7 Å². The first-order valence-electron chi connectivity index (χ1n) is 8.29. The summed E-state index contributed by atoms with van der Waals surface area (Å²) in [6, 6.07) is 15.9. The lowest BCUT2D eigenvalue weighted by Gasteiger charge is -2.07. The van der Waals surface area contributed by atoms with Gasteiger partial charge in [0.2, 0.25) is 5.91 Å². The van der Waals surface area contributed by atoms with Crippen LogP contribution in [0, 0.1) is 0 Å². The summed E-state index contributed by atoms with van der Waals surface area (Å²) in [6.07, 6.45) is 1.83. The fraction of sp³-hybridized carbons (Fsp3) is 0.0500. The van der Waals surface area contributed by atoms with Gasteiger partial charge in [0.15, 0.2) is 0 Å². The normalized spacial score (nSPS) is 10.8. The summed E-state index contributed by atoms with van der Waals surface area (Å²) in [5.74, 6) is -1.14. The molecule has 0 aliphatic carbocycles. The molecule has 2 amide bonds. The Bertz CT molecular complexity index is 1220. The molecule has 0 unspecified atom stereocenters. The number of benzene rings is 2. The Hall–Kier alpha value is -3.87. The van der Waals surface area contributed by atoms with Crippen molar-refractivity contribution in [2.75, 3.05) is 0 Å². The van der Waals surface area contributed by atoms with Gasteiger partial charge in [0, 0.05) is 22.5 Å². The van der Waals surface area contributed by atoms with E-state index < -0.39 is 17.4 Å². The quantitative estimate of drug-likeness (QED) is 0.385. The Balaban J connectivity index is 1.45. The van der Waals surface area contributed by atoms with E-state index in [4.69, 9.17) is 4.42 Å². The van der Waals surface area contributed by atoms with Crippen molar-refractivity contribution in [2.24, 2.45) is 0 Å². The molecule has 4 rings (SSSR count). The molecular formula is C20H15N3O4. The number of aromatic nitrogens is 1. The summed E-state index contributed by atoms with van der Waals surface area (Å²) in [5, 5.41) is 1.56. The van der Waals surface area contributed by atoms with E-state index in [1.165, 1.54) is 6.07 Å². The molecule has 0 spiro atoms.